The number of carboxylic acids is 1. The number of para-hydroxylation sites is 1. The van der Waals surface area contributed by atoms with E-state index in [9.17, 15) is 9.90 Å². The van der Waals surface area contributed by atoms with Crippen LogP contribution in [0.5, 0.6) is 5.75 Å². The molecule has 0 aliphatic rings. The Morgan fingerprint density at radius 1 is 1.47 bits per heavy atom. The van der Waals surface area contributed by atoms with E-state index < -0.39 is 5.97 Å². The molecule has 0 radical (unpaired) electrons. The van der Waals surface area contributed by atoms with Crippen molar-refractivity contribution in [2.24, 2.45) is 0 Å². The predicted molar refractivity (Wildman–Crippen MR) is 69.4 cm³/mol. The first-order valence-corrected chi connectivity index (χ1v) is 6.06. The molecule has 0 atom stereocenters. The highest BCUT2D eigenvalue weighted by Crippen LogP contribution is 2.33. The normalized spacial score (nSPS) is 10.4. The van der Waals surface area contributed by atoms with Gasteiger partial charge < -0.3 is 14.4 Å². The molecule has 0 saturated heterocycles. The van der Waals surface area contributed by atoms with Crippen LogP contribution in [-0.2, 0) is 0 Å². The topological polar surface area (TPSA) is 72.6 Å². The van der Waals surface area contributed by atoms with Crippen LogP contribution in [-0.4, -0.2) is 22.8 Å². The summed E-state index contributed by atoms with van der Waals surface area (Å²) in [6.45, 7) is 4.21. The molecule has 100 valence electrons. The molecule has 2 rings (SSSR count). The van der Waals surface area contributed by atoms with Gasteiger partial charge >= 0.3 is 5.97 Å². The van der Waals surface area contributed by atoms with Crippen molar-refractivity contribution in [3.05, 3.63) is 35.5 Å². The number of hydrogen-bond donors (Lipinski definition) is 1. The molecule has 0 aliphatic heterocycles. The van der Waals surface area contributed by atoms with Crippen molar-refractivity contribution in [3.8, 4) is 17.1 Å². The standard InChI is InChI=1S/C14H15NO4/c1-3-7-18-13-10(12-8-9(2)15-19-12)5-4-6-11(13)14(16)17/h4-6,8H,3,7H2,1-2H3,(H,16,17). The summed E-state index contributed by atoms with van der Waals surface area (Å²) in [6.07, 6.45) is 0.794. The van der Waals surface area contributed by atoms with Gasteiger partial charge in [0, 0.05) is 6.07 Å². The van der Waals surface area contributed by atoms with Gasteiger partial charge in [0.1, 0.15) is 11.3 Å². The molecule has 5 nitrogen and oxygen atoms in total. The number of benzene rings is 1. The van der Waals surface area contributed by atoms with Gasteiger partial charge in [-0.05, 0) is 25.5 Å². The number of rotatable bonds is 5. The third-order valence-electron chi connectivity index (χ3n) is 2.59. The Hall–Kier alpha value is -2.30. The zero-order chi connectivity index (χ0) is 13.8. The van der Waals surface area contributed by atoms with Crippen LogP contribution in [0.15, 0.2) is 28.8 Å². The number of aromatic carboxylic acids is 1. The number of hydrogen-bond acceptors (Lipinski definition) is 4. The van der Waals surface area contributed by atoms with Crippen molar-refractivity contribution < 1.29 is 19.2 Å². The molecule has 0 unspecified atom stereocenters. The molecule has 0 spiro atoms. The van der Waals surface area contributed by atoms with E-state index in [1.807, 2.05) is 6.92 Å². The molecule has 1 aromatic carbocycles. The highest BCUT2D eigenvalue weighted by atomic mass is 16.5. The molecule has 0 aliphatic carbocycles. The monoisotopic (exact) mass is 261 g/mol. The van der Waals surface area contributed by atoms with E-state index in [1.54, 1.807) is 25.1 Å². The molecule has 2 aromatic rings. The third kappa shape index (κ3) is 2.76. The molecule has 1 aromatic heterocycles. The fraction of sp³-hybridized carbons (Fsp3) is 0.286. The number of carboxylic acid groups (broad SMARTS) is 1. The fourth-order valence-corrected chi connectivity index (χ4v) is 1.75. The summed E-state index contributed by atoms with van der Waals surface area (Å²) in [6, 6.07) is 6.69. The second-order valence-electron chi connectivity index (χ2n) is 4.17. The summed E-state index contributed by atoms with van der Waals surface area (Å²) in [5, 5.41) is 13.0. The van der Waals surface area contributed by atoms with Crippen LogP contribution in [0.2, 0.25) is 0 Å². The summed E-state index contributed by atoms with van der Waals surface area (Å²) in [5.41, 5.74) is 1.46. The first kappa shape index (κ1) is 13.1. The van der Waals surface area contributed by atoms with Crippen molar-refractivity contribution in [2.45, 2.75) is 20.3 Å². The Bertz CT molecular complexity index is 589. The van der Waals surface area contributed by atoms with Crippen LogP contribution in [0.3, 0.4) is 0 Å². The largest absolute Gasteiger partial charge is 0.492 e. The molecular weight excluding hydrogens is 246 g/mol. The Balaban J connectivity index is 2.52. The lowest BCUT2D eigenvalue weighted by Gasteiger charge is -2.11. The molecule has 0 bridgehead atoms. The second-order valence-corrected chi connectivity index (χ2v) is 4.17. The summed E-state index contributed by atoms with van der Waals surface area (Å²) in [7, 11) is 0. The molecule has 5 heteroatoms. The Kier molecular flexibility index (Phi) is 3.85. The Morgan fingerprint density at radius 3 is 2.84 bits per heavy atom. The van der Waals surface area contributed by atoms with Crippen LogP contribution < -0.4 is 4.74 Å². The Labute approximate surface area is 110 Å². The smallest absolute Gasteiger partial charge is 0.339 e. The number of aryl methyl sites for hydroxylation is 1. The number of carbonyl (C=O) groups is 1. The molecule has 0 saturated carbocycles. The molecular formula is C14H15NO4. The molecule has 1 heterocycles. The minimum absolute atomic E-state index is 0.125. The van der Waals surface area contributed by atoms with Crippen molar-refractivity contribution in [2.75, 3.05) is 6.61 Å². The van der Waals surface area contributed by atoms with Gasteiger partial charge in [-0.1, -0.05) is 18.1 Å². The zero-order valence-electron chi connectivity index (χ0n) is 10.8. The molecule has 19 heavy (non-hydrogen) atoms. The predicted octanol–water partition coefficient (Wildman–Crippen LogP) is 3.14. The lowest BCUT2D eigenvalue weighted by molar-refractivity contribution is 0.0692. The average Bonchev–Trinajstić information content (AvgIpc) is 2.82. The van der Waals surface area contributed by atoms with E-state index >= 15 is 0 Å². The van der Waals surface area contributed by atoms with Crippen LogP contribution in [0.1, 0.15) is 29.4 Å². The minimum atomic E-state index is -1.02. The van der Waals surface area contributed by atoms with Gasteiger partial charge in [-0.25, -0.2) is 4.79 Å². The van der Waals surface area contributed by atoms with Gasteiger partial charge in [-0.2, -0.15) is 0 Å². The maximum Gasteiger partial charge on any atom is 0.339 e. The van der Waals surface area contributed by atoms with E-state index in [2.05, 4.69) is 5.16 Å². The molecule has 0 fully saturated rings. The highest BCUT2D eigenvalue weighted by Gasteiger charge is 2.18. The van der Waals surface area contributed by atoms with Gasteiger partial charge in [-0.15, -0.1) is 0 Å². The lowest BCUT2D eigenvalue weighted by Crippen LogP contribution is -2.05. The van der Waals surface area contributed by atoms with E-state index in [-0.39, 0.29) is 5.56 Å². The van der Waals surface area contributed by atoms with Gasteiger partial charge in [0.25, 0.3) is 0 Å². The average molecular weight is 261 g/mol. The Morgan fingerprint density at radius 2 is 2.26 bits per heavy atom. The van der Waals surface area contributed by atoms with Crippen molar-refractivity contribution in [1.82, 2.24) is 5.16 Å². The van der Waals surface area contributed by atoms with Crippen LogP contribution in [0, 0.1) is 6.92 Å². The number of nitrogens with zero attached hydrogens (tertiary/aromatic N) is 1. The first-order valence-electron chi connectivity index (χ1n) is 6.06. The van der Waals surface area contributed by atoms with E-state index in [0.29, 0.717) is 23.7 Å². The maximum atomic E-state index is 11.2. The van der Waals surface area contributed by atoms with Gasteiger partial charge in [0.15, 0.2) is 5.76 Å². The number of aromatic nitrogens is 1. The first-order chi connectivity index (χ1) is 9.13. The van der Waals surface area contributed by atoms with Crippen molar-refractivity contribution in [3.63, 3.8) is 0 Å². The van der Waals surface area contributed by atoms with E-state index in [0.717, 1.165) is 12.1 Å². The van der Waals surface area contributed by atoms with Crippen LogP contribution >= 0.6 is 0 Å². The highest BCUT2D eigenvalue weighted by molar-refractivity contribution is 5.94. The summed E-state index contributed by atoms with van der Waals surface area (Å²) < 4.78 is 10.8. The zero-order valence-corrected chi connectivity index (χ0v) is 10.8. The minimum Gasteiger partial charge on any atom is -0.492 e. The quantitative estimate of drug-likeness (QED) is 0.895. The number of ether oxygens (including phenoxy) is 1. The third-order valence-corrected chi connectivity index (χ3v) is 2.59. The molecule has 0 amide bonds. The fourth-order valence-electron chi connectivity index (χ4n) is 1.75. The summed E-state index contributed by atoms with van der Waals surface area (Å²) >= 11 is 0. The van der Waals surface area contributed by atoms with Crippen molar-refractivity contribution in [1.29, 1.82) is 0 Å². The van der Waals surface area contributed by atoms with E-state index in [4.69, 9.17) is 9.26 Å². The SMILES string of the molecule is CCCOc1c(C(=O)O)cccc1-c1cc(C)no1. The van der Waals surface area contributed by atoms with Gasteiger partial charge in [0.2, 0.25) is 0 Å². The van der Waals surface area contributed by atoms with Crippen molar-refractivity contribution >= 4 is 5.97 Å². The lowest BCUT2D eigenvalue weighted by atomic mass is 10.1. The van der Waals surface area contributed by atoms with Crippen LogP contribution in [0.25, 0.3) is 11.3 Å². The summed E-state index contributed by atoms with van der Waals surface area (Å²) in [4.78, 5) is 11.2. The van der Waals surface area contributed by atoms with E-state index in [1.165, 1.54) is 6.07 Å². The second kappa shape index (κ2) is 5.56. The van der Waals surface area contributed by atoms with Crippen LogP contribution in [0.4, 0.5) is 0 Å². The van der Waals surface area contributed by atoms with Gasteiger partial charge in [0.05, 0.1) is 17.9 Å². The molecule has 1 N–H and O–H groups in total. The maximum absolute atomic E-state index is 11.2. The summed E-state index contributed by atoms with van der Waals surface area (Å²) in [5.74, 6) is -0.191. The van der Waals surface area contributed by atoms with Gasteiger partial charge in [-0.3, -0.25) is 0 Å².